The fraction of sp³-hybridized carbons (Fsp3) is 0.867. The Kier molecular flexibility index (Phi) is 8.30. The lowest BCUT2D eigenvalue weighted by molar-refractivity contribution is -0.134. The van der Waals surface area contributed by atoms with E-state index in [-0.39, 0.29) is 11.8 Å². The number of carbonyl (C=O) groups is 2. The molecule has 1 heterocycles. The Bertz CT molecular complexity index is 326. The van der Waals surface area contributed by atoms with E-state index < -0.39 is 0 Å². The van der Waals surface area contributed by atoms with Gasteiger partial charge in [-0.1, -0.05) is 12.8 Å². The van der Waals surface area contributed by atoms with Gasteiger partial charge in [-0.25, -0.2) is 0 Å². The van der Waals surface area contributed by atoms with Crippen LogP contribution in [0, 0.1) is 0 Å². The number of nitrogens with two attached hydrogens (primary N) is 1. The van der Waals surface area contributed by atoms with Crippen LogP contribution in [0.4, 0.5) is 0 Å². The number of unbranched alkanes of at least 4 members (excludes halogenated alkanes) is 3. The molecule has 1 rings (SSSR count). The average Bonchev–Trinajstić information content (AvgIpc) is 2.47. The Hall–Kier alpha value is -1.14. The SMILES string of the molecule is CN(C)C(=O)CN1CCN(C(=O)CCCCCCN)CC1. The maximum atomic E-state index is 12.1. The third-order valence-corrected chi connectivity index (χ3v) is 3.93. The highest BCUT2D eigenvalue weighted by molar-refractivity contribution is 5.78. The molecule has 122 valence electrons. The van der Waals surface area contributed by atoms with Crippen LogP contribution in [0.3, 0.4) is 0 Å². The smallest absolute Gasteiger partial charge is 0.236 e. The zero-order chi connectivity index (χ0) is 15.7. The first-order chi connectivity index (χ1) is 10.0. The van der Waals surface area contributed by atoms with Gasteiger partial charge in [0.25, 0.3) is 0 Å². The molecule has 0 aliphatic carbocycles. The van der Waals surface area contributed by atoms with Crippen molar-refractivity contribution in [2.75, 3.05) is 53.4 Å². The van der Waals surface area contributed by atoms with E-state index in [0.29, 0.717) is 13.0 Å². The Morgan fingerprint density at radius 2 is 1.62 bits per heavy atom. The lowest BCUT2D eigenvalue weighted by atomic mass is 10.1. The normalized spacial score (nSPS) is 16.0. The fourth-order valence-electron chi connectivity index (χ4n) is 2.42. The molecule has 6 heteroatoms. The van der Waals surface area contributed by atoms with E-state index in [1.807, 2.05) is 4.90 Å². The molecule has 1 aliphatic rings. The maximum absolute atomic E-state index is 12.1. The highest BCUT2D eigenvalue weighted by atomic mass is 16.2. The monoisotopic (exact) mass is 298 g/mol. The van der Waals surface area contributed by atoms with E-state index in [2.05, 4.69) is 4.90 Å². The van der Waals surface area contributed by atoms with Crippen molar-refractivity contribution < 1.29 is 9.59 Å². The molecule has 0 aromatic heterocycles. The van der Waals surface area contributed by atoms with Crippen molar-refractivity contribution in [2.45, 2.75) is 32.1 Å². The quantitative estimate of drug-likeness (QED) is 0.647. The molecule has 2 amide bonds. The fourth-order valence-corrected chi connectivity index (χ4v) is 2.42. The zero-order valence-electron chi connectivity index (χ0n) is 13.5. The van der Waals surface area contributed by atoms with Gasteiger partial charge in [0.1, 0.15) is 0 Å². The van der Waals surface area contributed by atoms with E-state index in [1.54, 1.807) is 19.0 Å². The van der Waals surface area contributed by atoms with E-state index >= 15 is 0 Å². The first-order valence-electron chi connectivity index (χ1n) is 7.95. The molecule has 0 aromatic rings. The lowest BCUT2D eigenvalue weighted by Crippen LogP contribution is -2.50. The number of piperazine rings is 1. The van der Waals surface area contributed by atoms with Crippen LogP contribution in [0.1, 0.15) is 32.1 Å². The first-order valence-corrected chi connectivity index (χ1v) is 7.95. The molecule has 1 fully saturated rings. The molecule has 21 heavy (non-hydrogen) atoms. The molecule has 1 saturated heterocycles. The zero-order valence-corrected chi connectivity index (χ0v) is 13.5. The van der Waals surface area contributed by atoms with Crippen molar-refractivity contribution in [3.63, 3.8) is 0 Å². The summed E-state index contributed by atoms with van der Waals surface area (Å²) in [5.41, 5.74) is 5.45. The molecular weight excluding hydrogens is 268 g/mol. The van der Waals surface area contributed by atoms with Gasteiger partial charge >= 0.3 is 0 Å². The predicted molar refractivity (Wildman–Crippen MR) is 83.9 cm³/mol. The second kappa shape index (κ2) is 9.73. The Morgan fingerprint density at radius 1 is 1.00 bits per heavy atom. The van der Waals surface area contributed by atoms with Gasteiger partial charge in [-0.3, -0.25) is 14.5 Å². The standard InChI is InChI=1S/C15H30N4O2/c1-17(2)15(21)13-18-9-11-19(12-10-18)14(20)7-5-3-4-6-8-16/h3-13,16H2,1-2H3. The van der Waals surface area contributed by atoms with Gasteiger partial charge in [0.15, 0.2) is 0 Å². The largest absolute Gasteiger partial charge is 0.348 e. The third kappa shape index (κ3) is 6.91. The number of rotatable bonds is 8. The molecule has 0 unspecified atom stereocenters. The molecular formula is C15H30N4O2. The van der Waals surface area contributed by atoms with Gasteiger partial charge in [-0.2, -0.15) is 0 Å². The third-order valence-electron chi connectivity index (χ3n) is 3.93. The Morgan fingerprint density at radius 3 is 2.19 bits per heavy atom. The summed E-state index contributed by atoms with van der Waals surface area (Å²) in [6, 6.07) is 0. The van der Waals surface area contributed by atoms with Gasteiger partial charge in [0.05, 0.1) is 6.54 Å². The minimum absolute atomic E-state index is 0.120. The highest BCUT2D eigenvalue weighted by Gasteiger charge is 2.22. The summed E-state index contributed by atoms with van der Waals surface area (Å²) < 4.78 is 0. The summed E-state index contributed by atoms with van der Waals surface area (Å²) in [5, 5.41) is 0. The van der Waals surface area contributed by atoms with Crippen molar-refractivity contribution in [2.24, 2.45) is 5.73 Å². The van der Waals surface area contributed by atoms with Crippen LogP contribution < -0.4 is 5.73 Å². The molecule has 0 spiro atoms. The van der Waals surface area contributed by atoms with Crippen LogP contribution >= 0.6 is 0 Å². The molecule has 0 radical (unpaired) electrons. The maximum Gasteiger partial charge on any atom is 0.236 e. The van der Waals surface area contributed by atoms with Crippen molar-refractivity contribution in [1.82, 2.24) is 14.7 Å². The Labute approximate surface area is 128 Å². The number of likely N-dealkylation sites (N-methyl/N-ethyl adjacent to an activating group) is 1. The van der Waals surface area contributed by atoms with Gasteiger partial charge in [0.2, 0.25) is 11.8 Å². The number of amides is 2. The summed E-state index contributed by atoms with van der Waals surface area (Å²) in [4.78, 5) is 29.4. The molecule has 0 aromatic carbocycles. The van der Waals surface area contributed by atoms with Gasteiger partial charge in [-0.15, -0.1) is 0 Å². The predicted octanol–water partition coefficient (Wildman–Crippen LogP) is 0.128. The van der Waals surface area contributed by atoms with E-state index in [1.165, 1.54) is 0 Å². The highest BCUT2D eigenvalue weighted by Crippen LogP contribution is 2.08. The Balaban J connectivity index is 2.17. The lowest BCUT2D eigenvalue weighted by Gasteiger charge is -2.34. The summed E-state index contributed by atoms with van der Waals surface area (Å²) in [6.07, 6.45) is 4.84. The minimum atomic E-state index is 0.120. The van der Waals surface area contributed by atoms with E-state index in [9.17, 15) is 9.59 Å². The van der Waals surface area contributed by atoms with Crippen molar-refractivity contribution in [3.05, 3.63) is 0 Å². The second-order valence-electron chi connectivity index (χ2n) is 5.90. The molecule has 1 aliphatic heterocycles. The van der Waals surface area contributed by atoms with E-state index in [0.717, 1.165) is 58.4 Å². The van der Waals surface area contributed by atoms with Crippen LogP contribution in [0.5, 0.6) is 0 Å². The van der Waals surface area contributed by atoms with Crippen LogP contribution in [-0.2, 0) is 9.59 Å². The van der Waals surface area contributed by atoms with Gasteiger partial charge < -0.3 is 15.5 Å². The minimum Gasteiger partial charge on any atom is -0.348 e. The molecule has 0 bridgehead atoms. The first kappa shape index (κ1) is 17.9. The molecule has 0 saturated carbocycles. The van der Waals surface area contributed by atoms with Gasteiger partial charge in [0, 0.05) is 46.7 Å². The summed E-state index contributed by atoms with van der Waals surface area (Å²) in [6.45, 7) is 4.25. The molecule has 0 atom stereocenters. The average molecular weight is 298 g/mol. The van der Waals surface area contributed by atoms with Gasteiger partial charge in [-0.05, 0) is 19.4 Å². The number of hydrogen-bond donors (Lipinski definition) is 1. The summed E-state index contributed by atoms with van der Waals surface area (Å²) >= 11 is 0. The second-order valence-corrected chi connectivity index (χ2v) is 5.90. The van der Waals surface area contributed by atoms with Crippen LogP contribution in [0.2, 0.25) is 0 Å². The molecule has 2 N–H and O–H groups in total. The molecule has 6 nitrogen and oxygen atoms in total. The van der Waals surface area contributed by atoms with Crippen LogP contribution in [0.15, 0.2) is 0 Å². The van der Waals surface area contributed by atoms with Crippen LogP contribution in [0.25, 0.3) is 0 Å². The number of hydrogen-bond acceptors (Lipinski definition) is 4. The number of nitrogens with zero attached hydrogens (tertiary/aromatic N) is 3. The topological polar surface area (TPSA) is 69.9 Å². The number of carbonyl (C=O) groups excluding carboxylic acids is 2. The van der Waals surface area contributed by atoms with Crippen molar-refractivity contribution in [3.8, 4) is 0 Å². The van der Waals surface area contributed by atoms with Crippen molar-refractivity contribution in [1.29, 1.82) is 0 Å². The van der Waals surface area contributed by atoms with Crippen LogP contribution in [-0.4, -0.2) is 79.9 Å². The van der Waals surface area contributed by atoms with E-state index in [4.69, 9.17) is 5.73 Å². The van der Waals surface area contributed by atoms with Crippen molar-refractivity contribution >= 4 is 11.8 Å². The summed E-state index contributed by atoms with van der Waals surface area (Å²) in [5.74, 6) is 0.371. The summed E-state index contributed by atoms with van der Waals surface area (Å²) in [7, 11) is 3.54.